The molecule has 1 N–H and O–H groups in total. The van der Waals surface area contributed by atoms with Gasteiger partial charge in [-0.3, -0.25) is 4.79 Å². The summed E-state index contributed by atoms with van der Waals surface area (Å²) < 4.78 is 0. The predicted octanol–water partition coefficient (Wildman–Crippen LogP) is 4.39. The van der Waals surface area contributed by atoms with Crippen LogP contribution in [0.2, 0.25) is 0 Å². The van der Waals surface area contributed by atoms with Crippen LogP contribution in [-0.4, -0.2) is 12.5 Å². The van der Waals surface area contributed by atoms with Crippen molar-refractivity contribution in [2.75, 3.05) is 6.54 Å². The van der Waals surface area contributed by atoms with Gasteiger partial charge in [0.05, 0.1) is 0 Å². The second-order valence-electron chi connectivity index (χ2n) is 6.27. The third-order valence-electron chi connectivity index (χ3n) is 3.67. The molecule has 0 saturated heterocycles. The minimum Gasteiger partial charge on any atom is -0.356 e. The molecular weight excluding hydrogens is 222 g/mol. The van der Waals surface area contributed by atoms with Crippen molar-refractivity contribution in [3.05, 3.63) is 0 Å². The van der Waals surface area contributed by atoms with Crippen molar-refractivity contribution >= 4 is 5.91 Å². The monoisotopic (exact) mass is 255 g/mol. The number of carbonyl (C=O) groups is 1. The van der Waals surface area contributed by atoms with Crippen molar-refractivity contribution in [3.8, 4) is 0 Å². The van der Waals surface area contributed by atoms with Crippen LogP contribution in [0.4, 0.5) is 0 Å². The number of hydrogen-bond acceptors (Lipinski definition) is 1. The molecule has 1 amide bonds. The molecule has 0 unspecified atom stereocenters. The molecule has 0 aliphatic heterocycles. The highest BCUT2D eigenvalue weighted by molar-refractivity contribution is 5.78. The van der Waals surface area contributed by atoms with Gasteiger partial charge in [-0.1, -0.05) is 66.7 Å². The van der Waals surface area contributed by atoms with Crippen LogP contribution in [-0.2, 0) is 4.79 Å². The predicted molar refractivity (Wildman–Crippen MR) is 79.6 cm³/mol. The normalized spacial score (nSPS) is 13.1. The first kappa shape index (κ1) is 17.5. The smallest absolute Gasteiger partial charge is 0.223 e. The quantitative estimate of drug-likeness (QED) is 0.576. The fourth-order valence-corrected chi connectivity index (χ4v) is 1.88. The van der Waals surface area contributed by atoms with E-state index in [9.17, 15) is 4.79 Å². The molecule has 0 aromatic carbocycles. The molecule has 0 saturated carbocycles. The second-order valence-corrected chi connectivity index (χ2v) is 6.27. The summed E-state index contributed by atoms with van der Waals surface area (Å²) >= 11 is 0. The molecule has 0 aromatic heterocycles. The molecule has 0 heterocycles. The molecule has 1 atom stereocenters. The first-order chi connectivity index (χ1) is 8.45. The lowest BCUT2D eigenvalue weighted by atomic mass is 9.97. The summed E-state index contributed by atoms with van der Waals surface area (Å²) in [5, 5.41) is 3.03. The summed E-state index contributed by atoms with van der Waals surface area (Å²) in [6.45, 7) is 11.6. The number of unbranched alkanes of at least 4 members (excludes halogenated alkanes) is 4. The highest BCUT2D eigenvalue weighted by Gasteiger charge is 2.15. The lowest BCUT2D eigenvalue weighted by Gasteiger charge is -2.15. The van der Waals surface area contributed by atoms with Gasteiger partial charge < -0.3 is 5.32 Å². The Hall–Kier alpha value is -0.530. The van der Waals surface area contributed by atoms with E-state index >= 15 is 0 Å². The molecular formula is C16H33NO. The molecule has 18 heavy (non-hydrogen) atoms. The summed E-state index contributed by atoms with van der Waals surface area (Å²) in [4.78, 5) is 11.7. The third-order valence-corrected chi connectivity index (χ3v) is 3.67. The summed E-state index contributed by atoms with van der Waals surface area (Å²) in [6.07, 6.45) is 7.72. The molecule has 0 aliphatic carbocycles. The van der Waals surface area contributed by atoms with Crippen LogP contribution in [0.25, 0.3) is 0 Å². The lowest BCUT2D eigenvalue weighted by Crippen LogP contribution is -2.32. The molecule has 108 valence electrons. The summed E-state index contributed by atoms with van der Waals surface area (Å²) in [5.41, 5.74) is 0. The van der Waals surface area contributed by atoms with E-state index in [2.05, 4.69) is 33.0 Å². The van der Waals surface area contributed by atoms with Crippen molar-refractivity contribution in [1.82, 2.24) is 5.32 Å². The Morgan fingerprint density at radius 1 is 0.889 bits per heavy atom. The number of rotatable bonds is 10. The van der Waals surface area contributed by atoms with E-state index in [1.54, 1.807) is 0 Å². The number of amides is 1. The van der Waals surface area contributed by atoms with Crippen LogP contribution in [0.1, 0.15) is 73.1 Å². The Morgan fingerprint density at radius 3 is 2.00 bits per heavy atom. The molecule has 2 heteroatoms. The molecule has 0 bridgehead atoms. The van der Waals surface area contributed by atoms with Crippen LogP contribution in [0, 0.1) is 17.8 Å². The second kappa shape index (κ2) is 10.4. The number of carbonyl (C=O) groups excluding carboxylic acids is 1. The van der Waals surface area contributed by atoms with Gasteiger partial charge in [0.25, 0.3) is 0 Å². The van der Waals surface area contributed by atoms with E-state index < -0.39 is 0 Å². The van der Waals surface area contributed by atoms with Gasteiger partial charge in [-0.2, -0.15) is 0 Å². The Morgan fingerprint density at radius 2 is 1.44 bits per heavy atom. The minimum absolute atomic E-state index is 0.135. The van der Waals surface area contributed by atoms with Crippen LogP contribution in [0.15, 0.2) is 0 Å². The number of nitrogens with one attached hydrogen (secondary N) is 1. The maximum Gasteiger partial charge on any atom is 0.223 e. The third kappa shape index (κ3) is 9.49. The zero-order chi connectivity index (χ0) is 14.0. The number of hydrogen-bond donors (Lipinski definition) is 1. The SMILES string of the molecule is CC(C)CCCCCCCNC(=O)[C@H](C)C(C)C. The molecule has 0 aromatic rings. The fourth-order valence-electron chi connectivity index (χ4n) is 1.88. The van der Waals surface area contributed by atoms with Gasteiger partial charge in [-0.15, -0.1) is 0 Å². The average molecular weight is 255 g/mol. The molecule has 0 aliphatic rings. The standard InChI is InChI=1S/C16H33NO/c1-13(2)11-9-7-6-8-10-12-17-16(18)15(5)14(3)4/h13-15H,6-12H2,1-5H3,(H,17,18)/t15-/m1/s1. The average Bonchev–Trinajstić information content (AvgIpc) is 2.30. The van der Waals surface area contributed by atoms with E-state index in [1.807, 2.05) is 6.92 Å². The lowest BCUT2D eigenvalue weighted by molar-refractivity contribution is -0.125. The zero-order valence-corrected chi connectivity index (χ0v) is 13.1. The van der Waals surface area contributed by atoms with E-state index in [1.165, 1.54) is 32.1 Å². The first-order valence-corrected chi connectivity index (χ1v) is 7.72. The van der Waals surface area contributed by atoms with Gasteiger partial charge in [0.1, 0.15) is 0 Å². The van der Waals surface area contributed by atoms with Gasteiger partial charge in [-0.25, -0.2) is 0 Å². The molecule has 0 spiro atoms. The van der Waals surface area contributed by atoms with Gasteiger partial charge in [-0.05, 0) is 18.3 Å². The van der Waals surface area contributed by atoms with Gasteiger partial charge >= 0.3 is 0 Å². The van der Waals surface area contributed by atoms with Crippen molar-refractivity contribution < 1.29 is 4.79 Å². The molecule has 0 radical (unpaired) electrons. The van der Waals surface area contributed by atoms with Crippen LogP contribution >= 0.6 is 0 Å². The highest BCUT2D eigenvalue weighted by Crippen LogP contribution is 2.11. The Labute approximate surface area is 114 Å². The summed E-state index contributed by atoms with van der Waals surface area (Å²) in [5.74, 6) is 1.61. The molecule has 2 nitrogen and oxygen atoms in total. The van der Waals surface area contributed by atoms with Crippen molar-refractivity contribution in [2.45, 2.75) is 73.1 Å². The highest BCUT2D eigenvalue weighted by atomic mass is 16.1. The maximum atomic E-state index is 11.7. The van der Waals surface area contributed by atoms with Gasteiger partial charge in [0.15, 0.2) is 0 Å². The van der Waals surface area contributed by atoms with Crippen LogP contribution in [0.3, 0.4) is 0 Å². The summed E-state index contributed by atoms with van der Waals surface area (Å²) in [7, 11) is 0. The van der Waals surface area contributed by atoms with Crippen LogP contribution < -0.4 is 5.32 Å². The van der Waals surface area contributed by atoms with Crippen molar-refractivity contribution in [1.29, 1.82) is 0 Å². The molecule has 0 fully saturated rings. The van der Waals surface area contributed by atoms with Crippen LogP contribution in [0.5, 0.6) is 0 Å². The largest absolute Gasteiger partial charge is 0.356 e. The van der Waals surface area contributed by atoms with E-state index in [0.717, 1.165) is 18.9 Å². The first-order valence-electron chi connectivity index (χ1n) is 7.72. The van der Waals surface area contributed by atoms with Crippen molar-refractivity contribution in [2.24, 2.45) is 17.8 Å². The Bertz CT molecular complexity index is 211. The van der Waals surface area contributed by atoms with Gasteiger partial charge in [0.2, 0.25) is 5.91 Å². The Balaban J connectivity index is 3.33. The van der Waals surface area contributed by atoms with Gasteiger partial charge in [0, 0.05) is 12.5 Å². The Kier molecular flexibility index (Phi) is 10.1. The van der Waals surface area contributed by atoms with E-state index in [0.29, 0.717) is 5.92 Å². The minimum atomic E-state index is 0.135. The van der Waals surface area contributed by atoms with E-state index in [-0.39, 0.29) is 11.8 Å². The van der Waals surface area contributed by atoms with Crippen molar-refractivity contribution in [3.63, 3.8) is 0 Å². The maximum absolute atomic E-state index is 11.7. The summed E-state index contributed by atoms with van der Waals surface area (Å²) in [6, 6.07) is 0. The van der Waals surface area contributed by atoms with E-state index in [4.69, 9.17) is 0 Å². The topological polar surface area (TPSA) is 29.1 Å². The fraction of sp³-hybridized carbons (Fsp3) is 0.938. The zero-order valence-electron chi connectivity index (χ0n) is 13.1. The molecule has 0 rings (SSSR count).